The number of alkyl halides is 1. The largest absolute Gasteiger partial charge is 0.351 e. The van der Waals surface area contributed by atoms with Gasteiger partial charge < -0.3 is 5.32 Å². The zero-order valence-electron chi connectivity index (χ0n) is 11.6. The first-order valence-electron chi connectivity index (χ1n) is 7.20. The van der Waals surface area contributed by atoms with Crippen LogP contribution in [0.5, 0.6) is 0 Å². The minimum atomic E-state index is -0.262. The molecular weight excluding hydrogens is 353 g/mol. The maximum absolute atomic E-state index is 13.2. The first-order valence-corrected chi connectivity index (χ1v) is 9.14. The van der Waals surface area contributed by atoms with Crippen molar-refractivity contribution in [2.75, 3.05) is 11.9 Å². The highest BCUT2D eigenvalue weighted by molar-refractivity contribution is 9.09. The van der Waals surface area contributed by atoms with E-state index in [4.69, 9.17) is 0 Å². The number of rotatable bonds is 4. The van der Waals surface area contributed by atoms with Gasteiger partial charge in [0.15, 0.2) is 0 Å². The second kappa shape index (κ2) is 6.44. The van der Waals surface area contributed by atoms with Gasteiger partial charge in [-0.15, -0.1) is 11.3 Å². The van der Waals surface area contributed by atoms with Gasteiger partial charge in [0.2, 0.25) is 0 Å². The first kappa shape index (κ1) is 15.0. The number of carbonyl (C=O) groups is 1. The molecule has 1 saturated carbocycles. The lowest BCUT2D eigenvalue weighted by Gasteiger charge is -2.17. The average molecular weight is 370 g/mol. The standard InChI is InChI=1S/C16H17BrFNOS/c17-8-11-2-1-3-12(11)9-19-16(20)15-6-10-4-5-13(18)7-14(10)21-15/h4-7,11-12H,1-3,8-9H2,(H,19,20). The normalized spacial score (nSPS) is 21.8. The van der Waals surface area contributed by atoms with Crippen LogP contribution in [0.1, 0.15) is 28.9 Å². The maximum atomic E-state index is 13.2. The molecule has 1 amide bonds. The van der Waals surface area contributed by atoms with Crippen LogP contribution in [0.15, 0.2) is 24.3 Å². The van der Waals surface area contributed by atoms with Crippen molar-refractivity contribution in [3.05, 3.63) is 35.0 Å². The zero-order chi connectivity index (χ0) is 14.8. The molecule has 0 bridgehead atoms. The molecule has 1 N–H and O–H groups in total. The average Bonchev–Trinajstić information content (AvgIpc) is 3.10. The van der Waals surface area contributed by atoms with Gasteiger partial charge in [-0.3, -0.25) is 4.79 Å². The third kappa shape index (κ3) is 3.29. The monoisotopic (exact) mass is 369 g/mol. The van der Waals surface area contributed by atoms with Gasteiger partial charge in [0, 0.05) is 16.6 Å². The van der Waals surface area contributed by atoms with Crippen molar-refractivity contribution in [2.45, 2.75) is 19.3 Å². The predicted molar refractivity (Wildman–Crippen MR) is 88.7 cm³/mol. The summed E-state index contributed by atoms with van der Waals surface area (Å²) in [4.78, 5) is 12.9. The van der Waals surface area contributed by atoms with Crippen molar-refractivity contribution in [3.63, 3.8) is 0 Å². The van der Waals surface area contributed by atoms with E-state index in [0.717, 1.165) is 22.0 Å². The third-order valence-corrected chi connectivity index (χ3v) is 6.17. The zero-order valence-corrected chi connectivity index (χ0v) is 14.0. The molecule has 0 radical (unpaired) electrons. The van der Waals surface area contributed by atoms with Gasteiger partial charge in [-0.1, -0.05) is 28.4 Å². The molecule has 0 spiro atoms. The molecule has 0 saturated heterocycles. The molecule has 1 aromatic heterocycles. The van der Waals surface area contributed by atoms with Crippen molar-refractivity contribution in [2.24, 2.45) is 11.8 Å². The Labute approximate surface area is 135 Å². The van der Waals surface area contributed by atoms with Gasteiger partial charge in [0.05, 0.1) is 4.88 Å². The fourth-order valence-electron chi connectivity index (χ4n) is 3.01. The summed E-state index contributed by atoms with van der Waals surface area (Å²) in [6.07, 6.45) is 3.68. The van der Waals surface area contributed by atoms with E-state index in [0.29, 0.717) is 16.7 Å². The number of nitrogens with one attached hydrogen (secondary N) is 1. The lowest BCUT2D eigenvalue weighted by atomic mass is 9.98. The van der Waals surface area contributed by atoms with Crippen molar-refractivity contribution >= 4 is 43.3 Å². The molecular formula is C16H17BrFNOS. The molecule has 1 aliphatic carbocycles. The molecule has 21 heavy (non-hydrogen) atoms. The van der Waals surface area contributed by atoms with Crippen LogP contribution >= 0.6 is 27.3 Å². The quantitative estimate of drug-likeness (QED) is 0.785. The second-order valence-corrected chi connectivity index (χ2v) is 7.34. The van der Waals surface area contributed by atoms with Gasteiger partial charge >= 0.3 is 0 Å². The summed E-state index contributed by atoms with van der Waals surface area (Å²) in [6.45, 7) is 0.734. The Kier molecular flexibility index (Phi) is 4.60. The van der Waals surface area contributed by atoms with Crippen molar-refractivity contribution in [1.29, 1.82) is 0 Å². The Hall–Kier alpha value is -0.940. The van der Waals surface area contributed by atoms with Crippen LogP contribution in [0.2, 0.25) is 0 Å². The summed E-state index contributed by atoms with van der Waals surface area (Å²) < 4.78 is 14.0. The molecule has 2 atom stereocenters. The number of hydrogen-bond acceptors (Lipinski definition) is 2. The van der Waals surface area contributed by atoms with Gasteiger partial charge in [0.25, 0.3) is 5.91 Å². The minimum Gasteiger partial charge on any atom is -0.351 e. The maximum Gasteiger partial charge on any atom is 0.261 e. The van der Waals surface area contributed by atoms with Crippen LogP contribution in [0, 0.1) is 17.7 Å². The molecule has 0 aliphatic heterocycles. The smallest absolute Gasteiger partial charge is 0.261 e. The number of amides is 1. The highest BCUT2D eigenvalue weighted by Crippen LogP contribution is 2.32. The highest BCUT2D eigenvalue weighted by atomic mass is 79.9. The second-order valence-electron chi connectivity index (χ2n) is 5.61. The van der Waals surface area contributed by atoms with Crippen LogP contribution in [0.4, 0.5) is 4.39 Å². The van der Waals surface area contributed by atoms with Crippen LogP contribution < -0.4 is 5.32 Å². The molecule has 112 valence electrons. The number of halogens is 2. The van der Waals surface area contributed by atoms with E-state index in [-0.39, 0.29) is 11.7 Å². The predicted octanol–water partition coefficient (Wildman–Crippen LogP) is 4.58. The van der Waals surface area contributed by atoms with E-state index in [1.54, 1.807) is 6.07 Å². The van der Waals surface area contributed by atoms with Gasteiger partial charge in [-0.2, -0.15) is 0 Å². The molecule has 5 heteroatoms. The van der Waals surface area contributed by atoms with Gasteiger partial charge in [-0.25, -0.2) is 4.39 Å². The Bertz CT molecular complexity index is 657. The van der Waals surface area contributed by atoms with Crippen molar-refractivity contribution < 1.29 is 9.18 Å². The number of thiophene rings is 1. The highest BCUT2D eigenvalue weighted by Gasteiger charge is 2.26. The summed E-state index contributed by atoms with van der Waals surface area (Å²) in [7, 11) is 0. The Morgan fingerprint density at radius 1 is 1.33 bits per heavy atom. The van der Waals surface area contributed by atoms with Gasteiger partial charge in [-0.05, 0) is 48.3 Å². The summed E-state index contributed by atoms with van der Waals surface area (Å²) >= 11 is 4.90. The first-order chi connectivity index (χ1) is 10.2. The summed E-state index contributed by atoms with van der Waals surface area (Å²) in [5.74, 6) is 0.932. The van der Waals surface area contributed by atoms with Crippen LogP contribution in [0.3, 0.4) is 0 Å². The molecule has 2 nitrogen and oxygen atoms in total. The molecule has 1 fully saturated rings. The fraction of sp³-hybridized carbons (Fsp3) is 0.438. The Morgan fingerprint density at radius 2 is 2.14 bits per heavy atom. The molecule has 2 aromatic rings. The molecule has 3 rings (SSSR count). The third-order valence-electron chi connectivity index (χ3n) is 4.25. The molecule has 1 heterocycles. The summed E-state index contributed by atoms with van der Waals surface area (Å²) in [5.41, 5.74) is 0. The SMILES string of the molecule is O=C(NCC1CCCC1CBr)c1cc2ccc(F)cc2s1. The fourth-order valence-corrected chi connectivity index (χ4v) is 4.87. The van der Waals surface area contributed by atoms with Gasteiger partial charge in [0.1, 0.15) is 5.82 Å². The minimum absolute atomic E-state index is 0.0446. The van der Waals surface area contributed by atoms with Crippen molar-refractivity contribution in [3.8, 4) is 0 Å². The van der Waals surface area contributed by atoms with E-state index in [1.807, 2.05) is 6.07 Å². The summed E-state index contributed by atoms with van der Waals surface area (Å²) in [5, 5.41) is 4.97. The number of benzene rings is 1. The molecule has 2 unspecified atom stereocenters. The Morgan fingerprint density at radius 3 is 2.95 bits per heavy atom. The Balaban J connectivity index is 1.66. The lowest BCUT2D eigenvalue weighted by Crippen LogP contribution is -2.30. The van der Waals surface area contributed by atoms with Crippen LogP contribution in [0.25, 0.3) is 10.1 Å². The number of fused-ring (bicyclic) bond motifs is 1. The van der Waals surface area contributed by atoms with E-state index in [1.165, 1.54) is 42.7 Å². The van der Waals surface area contributed by atoms with E-state index in [9.17, 15) is 9.18 Å². The van der Waals surface area contributed by atoms with E-state index in [2.05, 4.69) is 21.2 Å². The molecule has 1 aliphatic rings. The van der Waals surface area contributed by atoms with Crippen LogP contribution in [-0.2, 0) is 0 Å². The molecule has 1 aromatic carbocycles. The summed E-state index contributed by atoms with van der Waals surface area (Å²) in [6, 6.07) is 6.46. The lowest BCUT2D eigenvalue weighted by molar-refractivity contribution is 0.0949. The number of carbonyl (C=O) groups excluding carboxylic acids is 1. The van der Waals surface area contributed by atoms with E-state index < -0.39 is 0 Å². The van der Waals surface area contributed by atoms with E-state index >= 15 is 0 Å². The van der Waals surface area contributed by atoms with Crippen LogP contribution in [-0.4, -0.2) is 17.8 Å². The number of hydrogen-bond donors (Lipinski definition) is 1. The topological polar surface area (TPSA) is 29.1 Å². The van der Waals surface area contributed by atoms with Crippen molar-refractivity contribution in [1.82, 2.24) is 5.32 Å².